The van der Waals surface area contributed by atoms with Crippen molar-refractivity contribution in [1.82, 2.24) is 15.3 Å². The third-order valence-corrected chi connectivity index (χ3v) is 4.40. The summed E-state index contributed by atoms with van der Waals surface area (Å²) >= 11 is 2.80. The molecule has 0 saturated carbocycles. The molecule has 0 aliphatic heterocycles. The molecule has 0 aliphatic carbocycles. The molecule has 1 unspecified atom stereocenters. The van der Waals surface area contributed by atoms with E-state index in [-0.39, 0.29) is 11.7 Å². The van der Waals surface area contributed by atoms with Crippen molar-refractivity contribution in [3.05, 3.63) is 17.8 Å². The van der Waals surface area contributed by atoms with Gasteiger partial charge in [0.2, 0.25) is 5.91 Å². The van der Waals surface area contributed by atoms with E-state index < -0.39 is 12.0 Å². The molecule has 2 N–H and O–H groups in total. The van der Waals surface area contributed by atoms with Gasteiger partial charge in [0.15, 0.2) is 0 Å². The zero-order valence-electron chi connectivity index (χ0n) is 9.99. The van der Waals surface area contributed by atoms with E-state index in [0.29, 0.717) is 0 Å². The molecule has 8 heteroatoms. The number of aliphatic carboxylic acids is 1. The van der Waals surface area contributed by atoms with Crippen molar-refractivity contribution in [3.8, 4) is 0 Å². The van der Waals surface area contributed by atoms with Gasteiger partial charge in [-0.15, -0.1) is 23.1 Å². The Morgan fingerprint density at radius 2 is 2.32 bits per heavy atom. The molecule has 0 spiro atoms. The molecule has 2 aromatic heterocycles. The average molecular weight is 297 g/mol. The van der Waals surface area contributed by atoms with Gasteiger partial charge in [-0.1, -0.05) is 0 Å². The van der Waals surface area contributed by atoms with E-state index in [1.165, 1.54) is 36.3 Å². The summed E-state index contributed by atoms with van der Waals surface area (Å²) in [6.45, 7) is 1.29. The largest absolute Gasteiger partial charge is 0.480 e. The summed E-state index contributed by atoms with van der Waals surface area (Å²) in [4.78, 5) is 30.2. The summed E-state index contributed by atoms with van der Waals surface area (Å²) in [5.41, 5.74) is 0.842. The topological polar surface area (TPSA) is 92.2 Å². The van der Waals surface area contributed by atoms with Crippen LogP contribution >= 0.6 is 23.1 Å². The minimum absolute atomic E-state index is 0.221. The zero-order valence-corrected chi connectivity index (χ0v) is 11.6. The van der Waals surface area contributed by atoms with Crippen molar-refractivity contribution < 1.29 is 14.7 Å². The predicted octanol–water partition coefficient (Wildman–Crippen LogP) is 1.37. The third kappa shape index (κ3) is 3.42. The van der Waals surface area contributed by atoms with Gasteiger partial charge in [-0.25, -0.2) is 14.8 Å². The Hall–Kier alpha value is -1.67. The number of carbonyl (C=O) groups excluding carboxylic acids is 1. The molecule has 2 rings (SSSR count). The van der Waals surface area contributed by atoms with Gasteiger partial charge in [0.25, 0.3) is 0 Å². The van der Waals surface area contributed by atoms with Crippen LogP contribution in [0.3, 0.4) is 0 Å². The van der Waals surface area contributed by atoms with E-state index in [2.05, 4.69) is 15.3 Å². The standard InChI is InChI=1S/C11H11N3O3S2/c1-6(15)14-8(11(16)17)4-19-10-9-7(2-3-18-9)12-5-13-10/h2-3,5,8H,4H2,1H3,(H,14,15)(H,16,17). The van der Waals surface area contributed by atoms with E-state index in [4.69, 9.17) is 5.11 Å². The normalized spacial score (nSPS) is 12.3. The van der Waals surface area contributed by atoms with Gasteiger partial charge in [0.1, 0.15) is 17.4 Å². The quantitative estimate of drug-likeness (QED) is 0.639. The first-order chi connectivity index (χ1) is 9.08. The highest BCUT2D eigenvalue weighted by Gasteiger charge is 2.19. The number of thioether (sulfide) groups is 1. The summed E-state index contributed by atoms with van der Waals surface area (Å²) in [6, 6.07) is 0.960. The van der Waals surface area contributed by atoms with Crippen molar-refractivity contribution in [1.29, 1.82) is 0 Å². The van der Waals surface area contributed by atoms with Gasteiger partial charge in [0, 0.05) is 12.7 Å². The molecule has 0 aliphatic rings. The lowest BCUT2D eigenvalue weighted by molar-refractivity contribution is -0.140. The van der Waals surface area contributed by atoms with Crippen molar-refractivity contribution in [2.45, 2.75) is 18.0 Å². The van der Waals surface area contributed by atoms with Crippen LogP contribution < -0.4 is 5.32 Å². The molecule has 1 amide bonds. The van der Waals surface area contributed by atoms with Crippen molar-refractivity contribution in [2.24, 2.45) is 0 Å². The summed E-state index contributed by atoms with van der Waals surface area (Å²) in [5, 5.41) is 14.0. The Morgan fingerprint density at radius 3 is 3.00 bits per heavy atom. The van der Waals surface area contributed by atoms with Crippen molar-refractivity contribution in [2.75, 3.05) is 5.75 Å². The fraction of sp³-hybridized carbons (Fsp3) is 0.273. The number of carboxylic acid groups (broad SMARTS) is 1. The smallest absolute Gasteiger partial charge is 0.327 e. The van der Waals surface area contributed by atoms with Gasteiger partial charge >= 0.3 is 5.97 Å². The number of nitrogens with one attached hydrogen (secondary N) is 1. The second-order valence-electron chi connectivity index (χ2n) is 3.72. The van der Waals surface area contributed by atoms with Gasteiger partial charge in [-0.05, 0) is 11.4 Å². The number of fused-ring (bicyclic) bond motifs is 1. The van der Waals surface area contributed by atoms with Crippen LogP contribution in [-0.2, 0) is 9.59 Å². The van der Waals surface area contributed by atoms with E-state index in [0.717, 1.165) is 15.2 Å². The van der Waals surface area contributed by atoms with Crippen LogP contribution in [0.5, 0.6) is 0 Å². The number of thiophene rings is 1. The minimum atomic E-state index is -1.06. The van der Waals surface area contributed by atoms with Gasteiger partial charge in [0.05, 0.1) is 10.2 Å². The summed E-state index contributed by atoms with van der Waals surface area (Å²) in [7, 11) is 0. The highest BCUT2D eigenvalue weighted by molar-refractivity contribution is 7.99. The van der Waals surface area contributed by atoms with E-state index in [1.54, 1.807) is 0 Å². The van der Waals surface area contributed by atoms with E-state index >= 15 is 0 Å². The first kappa shape index (κ1) is 13.8. The molecule has 0 saturated heterocycles. The van der Waals surface area contributed by atoms with Crippen LogP contribution in [0.4, 0.5) is 0 Å². The maximum absolute atomic E-state index is 11.0. The molecular formula is C11H11N3O3S2. The lowest BCUT2D eigenvalue weighted by Gasteiger charge is -2.12. The van der Waals surface area contributed by atoms with E-state index in [1.807, 2.05) is 11.4 Å². The highest BCUT2D eigenvalue weighted by Crippen LogP contribution is 2.28. The molecule has 100 valence electrons. The van der Waals surface area contributed by atoms with Crippen LogP contribution in [0.25, 0.3) is 10.2 Å². The number of hydrogen-bond donors (Lipinski definition) is 2. The number of nitrogens with zero attached hydrogens (tertiary/aromatic N) is 2. The highest BCUT2D eigenvalue weighted by atomic mass is 32.2. The average Bonchev–Trinajstić information content (AvgIpc) is 2.82. The lowest BCUT2D eigenvalue weighted by Crippen LogP contribution is -2.41. The maximum Gasteiger partial charge on any atom is 0.327 e. The second kappa shape index (κ2) is 5.98. The third-order valence-electron chi connectivity index (χ3n) is 2.27. The molecule has 1 atom stereocenters. The summed E-state index contributed by atoms with van der Waals surface area (Å²) in [6.07, 6.45) is 1.45. The molecule has 0 fully saturated rings. The van der Waals surface area contributed by atoms with Gasteiger partial charge in [-0.2, -0.15) is 0 Å². The first-order valence-electron chi connectivity index (χ1n) is 5.39. The van der Waals surface area contributed by atoms with Crippen molar-refractivity contribution in [3.63, 3.8) is 0 Å². The number of carboxylic acids is 1. The molecule has 2 heterocycles. The van der Waals surface area contributed by atoms with Crippen molar-refractivity contribution >= 4 is 45.2 Å². The molecule has 6 nitrogen and oxygen atoms in total. The number of amides is 1. The van der Waals surface area contributed by atoms with Crippen LogP contribution in [0.1, 0.15) is 6.92 Å². The lowest BCUT2D eigenvalue weighted by atomic mass is 10.3. The molecule has 0 bridgehead atoms. The fourth-order valence-corrected chi connectivity index (χ4v) is 3.41. The molecule has 0 aromatic carbocycles. The van der Waals surface area contributed by atoms with E-state index in [9.17, 15) is 9.59 Å². The number of hydrogen-bond acceptors (Lipinski definition) is 6. The first-order valence-corrected chi connectivity index (χ1v) is 7.25. The zero-order chi connectivity index (χ0) is 13.8. The molecule has 0 radical (unpaired) electrons. The van der Waals surface area contributed by atoms with Gasteiger partial charge < -0.3 is 10.4 Å². The molecule has 2 aromatic rings. The van der Waals surface area contributed by atoms with Crippen LogP contribution in [0, 0.1) is 0 Å². The Labute approximate surface area is 117 Å². The Kier molecular flexibility index (Phi) is 4.33. The second-order valence-corrected chi connectivity index (χ2v) is 5.64. The maximum atomic E-state index is 11.0. The van der Waals surface area contributed by atoms with Gasteiger partial charge in [-0.3, -0.25) is 4.79 Å². The van der Waals surface area contributed by atoms with Crippen LogP contribution in [0.2, 0.25) is 0 Å². The predicted molar refractivity (Wildman–Crippen MR) is 73.4 cm³/mol. The monoisotopic (exact) mass is 297 g/mol. The Bertz CT molecular complexity index is 614. The fourth-order valence-electron chi connectivity index (χ4n) is 1.45. The summed E-state index contributed by atoms with van der Waals surface area (Å²) < 4.78 is 0.930. The molecular weight excluding hydrogens is 286 g/mol. The van der Waals surface area contributed by atoms with Crippen LogP contribution in [-0.4, -0.2) is 38.7 Å². The summed E-state index contributed by atoms with van der Waals surface area (Å²) in [5.74, 6) is -1.20. The SMILES string of the molecule is CC(=O)NC(CSc1ncnc2ccsc12)C(=O)O. The number of rotatable bonds is 5. The number of aromatic nitrogens is 2. The Morgan fingerprint density at radius 1 is 1.53 bits per heavy atom. The molecule has 19 heavy (non-hydrogen) atoms. The Balaban J connectivity index is 2.10. The number of carbonyl (C=O) groups is 2. The minimum Gasteiger partial charge on any atom is -0.480 e. The van der Waals surface area contributed by atoms with Crippen LogP contribution in [0.15, 0.2) is 22.8 Å².